The first-order valence-electron chi connectivity index (χ1n) is 10.8. The number of hydrogen-bond acceptors (Lipinski definition) is 8. The fourth-order valence-corrected chi connectivity index (χ4v) is 5.77. The molecule has 3 atom stereocenters. The van der Waals surface area contributed by atoms with Crippen molar-refractivity contribution in [2.45, 2.75) is 37.0 Å². The number of ether oxygens (including phenoxy) is 1. The number of terminal acetylenes is 1. The Bertz CT molecular complexity index is 1210. The topological polar surface area (TPSA) is 120 Å². The molecule has 0 spiro atoms. The van der Waals surface area contributed by atoms with Crippen LogP contribution in [0.25, 0.3) is 0 Å². The predicted octanol–water partition coefficient (Wildman–Crippen LogP) is 2.22. The van der Waals surface area contributed by atoms with Crippen LogP contribution in [0.5, 0.6) is 5.88 Å². The van der Waals surface area contributed by atoms with Crippen LogP contribution in [0.3, 0.4) is 0 Å². The van der Waals surface area contributed by atoms with E-state index in [0.717, 1.165) is 0 Å². The first-order chi connectivity index (χ1) is 16.2. The number of nitrogens with two attached hydrogens (primary N) is 1. The van der Waals surface area contributed by atoms with Crippen molar-refractivity contribution in [3.05, 3.63) is 53.2 Å². The number of aromatic nitrogens is 2. The summed E-state index contributed by atoms with van der Waals surface area (Å²) in [4.78, 5) is 38.2. The number of nitrogens with zero attached hydrogens (tertiary/aromatic N) is 3. The number of aliphatic imine (C=N–C) groups is 1. The lowest BCUT2D eigenvalue weighted by Gasteiger charge is -2.34. The van der Waals surface area contributed by atoms with Crippen LogP contribution in [0.4, 0.5) is 4.39 Å². The minimum atomic E-state index is -1.03. The number of Topliss-reactive ketones (excluding diaryl/α,β-unsaturated/α-hetero) is 1. The highest BCUT2D eigenvalue weighted by Crippen LogP contribution is 2.66. The van der Waals surface area contributed by atoms with Gasteiger partial charge in [-0.15, -0.1) is 6.42 Å². The van der Waals surface area contributed by atoms with E-state index in [2.05, 4.69) is 26.2 Å². The zero-order valence-electron chi connectivity index (χ0n) is 18.8. The zero-order valence-corrected chi connectivity index (χ0v) is 19.6. The molecule has 1 aliphatic carbocycles. The third-order valence-corrected chi connectivity index (χ3v) is 7.40. The highest BCUT2D eigenvalue weighted by molar-refractivity contribution is 8.15. The van der Waals surface area contributed by atoms with Gasteiger partial charge in [0.25, 0.3) is 0 Å². The Morgan fingerprint density at radius 3 is 2.85 bits per heavy atom. The fourth-order valence-electron chi connectivity index (χ4n) is 4.38. The first-order valence-corrected chi connectivity index (χ1v) is 11.6. The highest BCUT2D eigenvalue weighted by atomic mass is 32.2. The Morgan fingerprint density at radius 1 is 1.38 bits per heavy atom. The summed E-state index contributed by atoms with van der Waals surface area (Å²) in [6.07, 6.45) is 8.31. The first kappa shape index (κ1) is 23.7. The molecule has 8 nitrogen and oxygen atoms in total. The Balaban J connectivity index is 1.58. The summed E-state index contributed by atoms with van der Waals surface area (Å²) in [6.45, 7) is 4.18. The van der Waals surface area contributed by atoms with Crippen molar-refractivity contribution in [2.75, 3.05) is 13.2 Å². The molecule has 10 heteroatoms. The largest absolute Gasteiger partial charge is 0.463 e. The van der Waals surface area contributed by atoms with Crippen molar-refractivity contribution in [2.24, 2.45) is 16.6 Å². The van der Waals surface area contributed by atoms with E-state index >= 15 is 4.39 Å². The van der Waals surface area contributed by atoms with Gasteiger partial charge in [0.05, 0.1) is 17.9 Å². The van der Waals surface area contributed by atoms with E-state index in [0.29, 0.717) is 24.1 Å². The van der Waals surface area contributed by atoms with E-state index in [1.54, 1.807) is 19.1 Å². The lowest BCUT2D eigenvalue weighted by atomic mass is 9.84. The van der Waals surface area contributed by atoms with Gasteiger partial charge in [0.15, 0.2) is 17.6 Å². The van der Waals surface area contributed by atoms with Gasteiger partial charge in [-0.05, 0) is 38.0 Å². The molecule has 3 N–H and O–H groups in total. The Morgan fingerprint density at radius 2 is 2.18 bits per heavy atom. The van der Waals surface area contributed by atoms with Crippen LogP contribution in [0.2, 0.25) is 0 Å². The number of rotatable bonds is 8. The third-order valence-electron chi connectivity index (χ3n) is 6.10. The molecule has 1 aliphatic heterocycles. The number of ketones is 1. The minimum Gasteiger partial charge on any atom is -0.463 e. The van der Waals surface area contributed by atoms with Gasteiger partial charge in [-0.1, -0.05) is 23.7 Å². The number of amidine groups is 1. The molecule has 2 heterocycles. The second-order valence-electron chi connectivity index (χ2n) is 8.35. The number of carbonyl (C=O) groups is 2. The second-order valence-corrected chi connectivity index (χ2v) is 9.70. The average Bonchev–Trinajstić information content (AvgIpc) is 3.56. The summed E-state index contributed by atoms with van der Waals surface area (Å²) in [7, 11) is 0. The molecule has 2 aliphatic rings. The van der Waals surface area contributed by atoms with Crippen molar-refractivity contribution >= 4 is 28.6 Å². The molecule has 2 aromatic rings. The summed E-state index contributed by atoms with van der Waals surface area (Å²) in [5.74, 6) is 1.46. The third kappa shape index (κ3) is 4.23. The summed E-state index contributed by atoms with van der Waals surface area (Å²) >= 11 is 1.23. The van der Waals surface area contributed by atoms with Crippen LogP contribution < -0.4 is 15.8 Å². The smallest absolute Gasteiger partial charge is 0.237 e. The van der Waals surface area contributed by atoms with Gasteiger partial charge < -0.3 is 15.8 Å². The molecule has 0 radical (unpaired) electrons. The number of thioether (sulfide) groups is 1. The highest BCUT2D eigenvalue weighted by Gasteiger charge is 2.70. The number of benzene rings is 1. The van der Waals surface area contributed by atoms with Gasteiger partial charge in [0.2, 0.25) is 11.8 Å². The lowest BCUT2D eigenvalue weighted by molar-refractivity contribution is -0.121. The SMILES string of the molecule is C#CCOc1cnc(C(=O)Cc2ccc(F)c([C@@]3(C)N=C(N)S[C@@]4(C(=O)NCC)C[C@H]43)c2)cn1. The maximum atomic E-state index is 15.0. The van der Waals surface area contributed by atoms with Gasteiger partial charge in [-0.2, -0.15) is 0 Å². The molecule has 1 amide bonds. The van der Waals surface area contributed by atoms with Crippen molar-refractivity contribution in [3.63, 3.8) is 0 Å². The number of fused-ring (bicyclic) bond motifs is 1. The number of nitrogens with one attached hydrogen (secondary N) is 1. The molecular formula is C24H24FN5O3S. The molecule has 0 bridgehead atoms. The minimum absolute atomic E-state index is 0.0112. The van der Waals surface area contributed by atoms with Gasteiger partial charge in [-0.3, -0.25) is 14.6 Å². The van der Waals surface area contributed by atoms with Gasteiger partial charge >= 0.3 is 0 Å². The molecule has 0 unspecified atom stereocenters. The van der Waals surface area contributed by atoms with Crippen molar-refractivity contribution in [1.82, 2.24) is 15.3 Å². The standard InChI is InChI=1S/C24H24FN5O3S/c1-4-8-33-20-13-28-17(12-29-20)18(31)10-14-6-7-16(25)15(9-14)23(3)19-11-24(19,21(32)27-5-2)34-22(26)30-23/h1,6-7,9,12-13,19H,5,8,10-11H2,2-3H3,(H2,26,30)(H,27,32)/t19-,23+,24-/m0/s1. The average molecular weight is 482 g/mol. The zero-order chi connectivity index (χ0) is 24.5. The van der Waals surface area contributed by atoms with Crippen LogP contribution in [-0.4, -0.2) is 44.7 Å². The van der Waals surface area contributed by atoms with Crippen molar-refractivity contribution < 1.29 is 18.7 Å². The number of amides is 1. The molecule has 1 fully saturated rings. The van der Waals surface area contributed by atoms with E-state index in [1.165, 1.54) is 30.2 Å². The number of hydrogen-bond donors (Lipinski definition) is 2. The van der Waals surface area contributed by atoms with Gasteiger partial charge in [0.1, 0.15) is 16.3 Å². The van der Waals surface area contributed by atoms with E-state index in [4.69, 9.17) is 16.9 Å². The van der Waals surface area contributed by atoms with Crippen LogP contribution in [0.15, 0.2) is 35.6 Å². The summed E-state index contributed by atoms with van der Waals surface area (Å²) in [6, 6.07) is 4.49. The molecule has 1 saturated carbocycles. The fraction of sp³-hybridized carbons (Fsp3) is 0.375. The Labute approximate surface area is 201 Å². The summed E-state index contributed by atoms with van der Waals surface area (Å²) in [5.41, 5.74) is 6.11. The van der Waals surface area contributed by atoms with Crippen LogP contribution >= 0.6 is 11.8 Å². The van der Waals surface area contributed by atoms with E-state index < -0.39 is 16.1 Å². The van der Waals surface area contributed by atoms with Gasteiger partial charge in [0, 0.05) is 24.4 Å². The Hall–Kier alpha value is -3.45. The lowest BCUT2D eigenvalue weighted by Crippen LogP contribution is -2.44. The molecule has 1 aromatic heterocycles. The molecular weight excluding hydrogens is 457 g/mol. The van der Waals surface area contributed by atoms with Crippen molar-refractivity contribution in [3.8, 4) is 18.2 Å². The molecule has 0 saturated heterocycles. The maximum absolute atomic E-state index is 15.0. The van der Waals surface area contributed by atoms with E-state index in [-0.39, 0.29) is 47.4 Å². The monoisotopic (exact) mass is 481 g/mol. The summed E-state index contributed by atoms with van der Waals surface area (Å²) < 4.78 is 19.5. The van der Waals surface area contributed by atoms with E-state index in [9.17, 15) is 9.59 Å². The number of halogens is 1. The summed E-state index contributed by atoms with van der Waals surface area (Å²) in [5, 5.41) is 3.09. The van der Waals surface area contributed by atoms with Crippen LogP contribution in [0.1, 0.15) is 41.9 Å². The molecule has 34 heavy (non-hydrogen) atoms. The van der Waals surface area contributed by atoms with Crippen LogP contribution in [-0.2, 0) is 16.8 Å². The molecule has 4 rings (SSSR count). The quantitative estimate of drug-likeness (QED) is 0.438. The van der Waals surface area contributed by atoms with Crippen LogP contribution in [0, 0.1) is 24.1 Å². The predicted molar refractivity (Wildman–Crippen MR) is 127 cm³/mol. The second kappa shape index (κ2) is 9.06. The Kier molecular flexibility index (Phi) is 6.32. The van der Waals surface area contributed by atoms with E-state index in [1.807, 2.05) is 6.92 Å². The number of carbonyl (C=O) groups excluding carboxylic acids is 2. The molecule has 176 valence electrons. The van der Waals surface area contributed by atoms with Gasteiger partial charge in [-0.25, -0.2) is 14.4 Å². The van der Waals surface area contributed by atoms with Crippen molar-refractivity contribution in [1.29, 1.82) is 0 Å². The molecule has 1 aromatic carbocycles. The maximum Gasteiger partial charge on any atom is 0.237 e. The normalized spacial score (nSPS) is 24.9.